The maximum Gasteiger partial charge on any atom is 0.0454 e. The van der Waals surface area contributed by atoms with Crippen LogP contribution in [-0.2, 0) is 6.54 Å². The normalized spacial score (nSPS) is 12.5. The number of terminal acetylenes is 1. The second-order valence-electron chi connectivity index (χ2n) is 4.29. The zero-order valence-electron chi connectivity index (χ0n) is 10.2. The molecule has 2 aromatic rings. The van der Waals surface area contributed by atoms with E-state index < -0.39 is 0 Å². The van der Waals surface area contributed by atoms with E-state index in [1.807, 2.05) is 6.20 Å². The molecule has 17 heavy (non-hydrogen) atoms. The summed E-state index contributed by atoms with van der Waals surface area (Å²) >= 11 is 0. The van der Waals surface area contributed by atoms with Crippen molar-refractivity contribution in [1.29, 1.82) is 0 Å². The van der Waals surface area contributed by atoms with E-state index in [0.29, 0.717) is 6.04 Å². The molecule has 0 radical (unpaired) electrons. The number of aromatic nitrogens is 1. The zero-order valence-corrected chi connectivity index (χ0v) is 10.2. The first-order valence-electron chi connectivity index (χ1n) is 6.06. The maximum absolute atomic E-state index is 5.34. The molecule has 2 nitrogen and oxygen atoms in total. The SMILES string of the molecule is C#CCC(CC)NCc1ccc2[nH]ccc2c1. The first kappa shape index (κ1) is 11.8. The highest BCUT2D eigenvalue weighted by Crippen LogP contribution is 2.14. The molecule has 0 bridgehead atoms. The van der Waals surface area contributed by atoms with Gasteiger partial charge in [-0.15, -0.1) is 12.3 Å². The van der Waals surface area contributed by atoms with Crippen molar-refractivity contribution in [3.8, 4) is 12.3 Å². The summed E-state index contributed by atoms with van der Waals surface area (Å²) in [6.45, 7) is 3.03. The molecule has 1 aromatic heterocycles. The van der Waals surface area contributed by atoms with Crippen LogP contribution in [0.1, 0.15) is 25.3 Å². The fourth-order valence-corrected chi connectivity index (χ4v) is 1.98. The summed E-state index contributed by atoms with van der Waals surface area (Å²) in [6.07, 6.45) is 9.17. The molecule has 1 heterocycles. The lowest BCUT2D eigenvalue weighted by atomic mass is 10.1. The summed E-state index contributed by atoms with van der Waals surface area (Å²) < 4.78 is 0. The minimum atomic E-state index is 0.418. The van der Waals surface area contributed by atoms with Crippen molar-refractivity contribution in [3.05, 3.63) is 36.0 Å². The molecule has 0 amide bonds. The van der Waals surface area contributed by atoms with E-state index in [2.05, 4.69) is 47.4 Å². The molecule has 0 aliphatic rings. The van der Waals surface area contributed by atoms with Gasteiger partial charge in [0, 0.05) is 30.7 Å². The fraction of sp³-hybridized carbons (Fsp3) is 0.333. The van der Waals surface area contributed by atoms with Crippen molar-refractivity contribution in [2.75, 3.05) is 0 Å². The molecular formula is C15H18N2. The van der Waals surface area contributed by atoms with Gasteiger partial charge < -0.3 is 10.3 Å². The maximum atomic E-state index is 5.34. The molecule has 2 N–H and O–H groups in total. The Morgan fingerprint density at radius 1 is 1.41 bits per heavy atom. The topological polar surface area (TPSA) is 27.8 Å². The van der Waals surface area contributed by atoms with E-state index in [1.54, 1.807) is 0 Å². The molecule has 0 spiro atoms. The van der Waals surface area contributed by atoms with Crippen LogP contribution < -0.4 is 5.32 Å². The lowest BCUT2D eigenvalue weighted by molar-refractivity contribution is 0.507. The van der Waals surface area contributed by atoms with Crippen LogP contribution in [-0.4, -0.2) is 11.0 Å². The van der Waals surface area contributed by atoms with Crippen LogP contribution in [0.5, 0.6) is 0 Å². The van der Waals surface area contributed by atoms with Gasteiger partial charge in [0.15, 0.2) is 0 Å². The summed E-state index contributed by atoms with van der Waals surface area (Å²) in [6, 6.07) is 8.99. The standard InChI is InChI=1S/C15H18N2/c1-3-5-14(4-2)17-11-12-6-7-15-13(10-12)8-9-16-15/h1,6-10,14,16-17H,4-5,11H2,2H3. The molecule has 0 fully saturated rings. The number of nitrogens with one attached hydrogen (secondary N) is 2. The number of H-pyrrole nitrogens is 1. The highest BCUT2D eigenvalue weighted by molar-refractivity contribution is 5.79. The van der Waals surface area contributed by atoms with Crippen molar-refractivity contribution in [2.45, 2.75) is 32.4 Å². The largest absolute Gasteiger partial charge is 0.361 e. The Bertz CT molecular complexity index is 519. The number of hydrogen-bond donors (Lipinski definition) is 2. The van der Waals surface area contributed by atoms with Crippen LogP contribution >= 0.6 is 0 Å². The molecule has 1 atom stereocenters. The number of rotatable bonds is 5. The Labute approximate surface area is 102 Å². The Hall–Kier alpha value is -1.72. The van der Waals surface area contributed by atoms with Crippen molar-refractivity contribution < 1.29 is 0 Å². The Balaban J connectivity index is 2.00. The van der Waals surface area contributed by atoms with Crippen LogP contribution in [0.2, 0.25) is 0 Å². The van der Waals surface area contributed by atoms with E-state index in [1.165, 1.54) is 16.5 Å². The Morgan fingerprint density at radius 3 is 3.06 bits per heavy atom. The first-order valence-corrected chi connectivity index (χ1v) is 6.06. The highest BCUT2D eigenvalue weighted by atomic mass is 14.9. The third-order valence-electron chi connectivity index (χ3n) is 3.07. The molecule has 2 rings (SSSR count). The van der Waals surface area contributed by atoms with Crippen molar-refractivity contribution in [3.63, 3.8) is 0 Å². The van der Waals surface area contributed by atoms with Gasteiger partial charge in [-0.1, -0.05) is 13.0 Å². The van der Waals surface area contributed by atoms with Gasteiger partial charge >= 0.3 is 0 Å². The van der Waals surface area contributed by atoms with E-state index in [-0.39, 0.29) is 0 Å². The molecule has 0 saturated heterocycles. The number of benzene rings is 1. The van der Waals surface area contributed by atoms with Gasteiger partial charge in [-0.25, -0.2) is 0 Å². The van der Waals surface area contributed by atoms with Crippen LogP contribution in [0, 0.1) is 12.3 Å². The molecule has 1 unspecified atom stereocenters. The van der Waals surface area contributed by atoms with Crippen molar-refractivity contribution in [2.24, 2.45) is 0 Å². The van der Waals surface area contributed by atoms with Gasteiger partial charge in [0.2, 0.25) is 0 Å². The summed E-state index contributed by atoms with van der Waals surface area (Å²) in [7, 11) is 0. The van der Waals surface area contributed by atoms with E-state index in [0.717, 1.165) is 19.4 Å². The number of hydrogen-bond acceptors (Lipinski definition) is 1. The first-order chi connectivity index (χ1) is 8.33. The average Bonchev–Trinajstić information content (AvgIpc) is 2.81. The summed E-state index contributed by atoms with van der Waals surface area (Å²) in [5.74, 6) is 2.71. The van der Waals surface area contributed by atoms with E-state index >= 15 is 0 Å². The lowest BCUT2D eigenvalue weighted by Gasteiger charge is -2.14. The summed E-state index contributed by atoms with van der Waals surface area (Å²) in [5, 5.41) is 4.75. The predicted octanol–water partition coefficient (Wildman–Crippen LogP) is 3.06. The number of fused-ring (bicyclic) bond motifs is 1. The molecule has 88 valence electrons. The summed E-state index contributed by atoms with van der Waals surface area (Å²) in [4.78, 5) is 3.20. The monoisotopic (exact) mass is 226 g/mol. The van der Waals surface area contributed by atoms with Gasteiger partial charge in [0.1, 0.15) is 0 Å². The van der Waals surface area contributed by atoms with Gasteiger partial charge in [0.05, 0.1) is 0 Å². The predicted molar refractivity (Wildman–Crippen MR) is 72.7 cm³/mol. The molecule has 0 aliphatic carbocycles. The van der Waals surface area contributed by atoms with Gasteiger partial charge in [0.25, 0.3) is 0 Å². The molecule has 0 saturated carbocycles. The minimum absolute atomic E-state index is 0.418. The zero-order chi connectivity index (χ0) is 12.1. The second-order valence-corrected chi connectivity index (χ2v) is 4.29. The number of aromatic amines is 1. The van der Waals surface area contributed by atoms with Crippen molar-refractivity contribution in [1.82, 2.24) is 10.3 Å². The molecule has 2 heteroatoms. The van der Waals surface area contributed by atoms with Crippen LogP contribution in [0.25, 0.3) is 10.9 Å². The molecular weight excluding hydrogens is 208 g/mol. The fourth-order valence-electron chi connectivity index (χ4n) is 1.98. The third kappa shape index (κ3) is 2.89. The van der Waals surface area contributed by atoms with E-state index in [9.17, 15) is 0 Å². The van der Waals surface area contributed by atoms with Gasteiger partial charge in [-0.05, 0) is 35.6 Å². The minimum Gasteiger partial charge on any atom is -0.361 e. The second kappa shape index (κ2) is 5.56. The summed E-state index contributed by atoms with van der Waals surface area (Å²) in [5.41, 5.74) is 2.48. The van der Waals surface area contributed by atoms with E-state index in [4.69, 9.17) is 6.42 Å². The lowest BCUT2D eigenvalue weighted by Crippen LogP contribution is -2.27. The average molecular weight is 226 g/mol. The Morgan fingerprint density at radius 2 is 2.29 bits per heavy atom. The van der Waals surface area contributed by atoms with Crippen molar-refractivity contribution >= 4 is 10.9 Å². The van der Waals surface area contributed by atoms with Crippen LogP contribution in [0.4, 0.5) is 0 Å². The molecule has 1 aromatic carbocycles. The van der Waals surface area contributed by atoms with Gasteiger partial charge in [-0.2, -0.15) is 0 Å². The third-order valence-corrected chi connectivity index (χ3v) is 3.07. The Kier molecular flexibility index (Phi) is 3.85. The molecule has 0 aliphatic heterocycles. The smallest absolute Gasteiger partial charge is 0.0454 e. The quantitative estimate of drug-likeness (QED) is 0.753. The van der Waals surface area contributed by atoms with Crippen LogP contribution in [0.3, 0.4) is 0 Å². The highest BCUT2D eigenvalue weighted by Gasteiger charge is 2.04. The van der Waals surface area contributed by atoms with Gasteiger partial charge in [-0.3, -0.25) is 0 Å². The van der Waals surface area contributed by atoms with Crippen LogP contribution in [0.15, 0.2) is 30.5 Å².